The SMILES string of the molecule is Fc1cccc(F)c1F.O=C(O)c1ccc2ccccc2c1. The number of aromatic carboxylic acids is 1. The summed E-state index contributed by atoms with van der Waals surface area (Å²) in [5.74, 6) is -4.62. The summed E-state index contributed by atoms with van der Waals surface area (Å²) in [6.45, 7) is 0. The Bertz CT molecular complexity index is 796. The smallest absolute Gasteiger partial charge is 0.335 e. The van der Waals surface area contributed by atoms with E-state index in [1.54, 1.807) is 12.1 Å². The van der Waals surface area contributed by atoms with Gasteiger partial charge in [0.15, 0.2) is 17.5 Å². The average molecular weight is 304 g/mol. The highest BCUT2D eigenvalue weighted by Crippen LogP contribution is 2.15. The standard InChI is InChI=1S/C11H8O2.C6H3F3/c12-11(13)10-6-5-8-3-1-2-4-9(8)7-10;7-4-2-1-3-5(8)6(4)9/h1-7H,(H,12,13);1-3H. The minimum Gasteiger partial charge on any atom is -0.478 e. The van der Waals surface area contributed by atoms with Gasteiger partial charge in [0, 0.05) is 0 Å². The lowest BCUT2D eigenvalue weighted by Gasteiger charge is -1.98. The van der Waals surface area contributed by atoms with E-state index in [1.165, 1.54) is 0 Å². The number of carbonyl (C=O) groups is 1. The van der Waals surface area contributed by atoms with Crippen LogP contribution in [-0.2, 0) is 0 Å². The number of hydrogen-bond donors (Lipinski definition) is 1. The predicted molar refractivity (Wildman–Crippen MR) is 77.2 cm³/mol. The first kappa shape index (κ1) is 15.6. The summed E-state index contributed by atoms with van der Waals surface area (Å²) in [7, 11) is 0. The van der Waals surface area contributed by atoms with Crippen LogP contribution in [0.1, 0.15) is 10.4 Å². The molecule has 3 rings (SSSR count). The Morgan fingerprint density at radius 3 is 1.91 bits per heavy atom. The van der Waals surface area contributed by atoms with Gasteiger partial charge >= 0.3 is 5.97 Å². The maximum absolute atomic E-state index is 12.0. The third-order valence-electron chi connectivity index (χ3n) is 2.90. The Hall–Kier alpha value is -2.82. The zero-order valence-electron chi connectivity index (χ0n) is 11.3. The number of carboxylic acid groups (broad SMARTS) is 1. The van der Waals surface area contributed by atoms with Gasteiger partial charge in [-0.3, -0.25) is 0 Å². The first-order valence-electron chi connectivity index (χ1n) is 6.30. The molecule has 5 heteroatoms. The molecule has 0 aliphatic heterocycles. The summed E-state index contributed by atoms with van der Waals surface area (Å²) >= 11 is 0. The molecule has 2 nitrogen and oxygen atoms in total. The summed E-state index contributed by atoms with van der Waals surface area (Å²) in [6, 6.07) is 15.6. The van der Waals surface area contributed by atoms with E-state index in [2.05, 4.69) is 0 Å². The Labute approximate surface area is 124 Å². The van der Waals surface area contributed by atoms with Crippen molar-refractivity contribution in [3.05, 3.63) is 83.7 Å². The Kier molecular flexibility index (Phi) is 4.78. The molecule has 0 aliphatic carbocycles. The van der Waals surface area contributed by atoms with Crippen LogP contribution in [0.3, 0.4) is 0 Å². The van der Waals surface area contributed by atoms with Crippen LogP contribution in [0.15, 0.2) is 60.7 Å². The molecule has 0 aliphatic rings. The van der Waals surface area contributed by atoms with Crippen LogP contribution >= 0.6 is 0 Å². The van der Waals surface area contributed by atoms with Gasteiger partial charge in [0.05, 0.1) is 5.56 Å². The van der Waals surface area contributed by atoms with E-state index < -0.39 is 23.4 Å². The van der Waals surface area contributed by atoms with E-state index in [0.29, 0.717) is 5.56 Å². The van der Waals surface area contributed by atoms with E-state index in [4.69, 9.17) is 5.11 Å². The predicted octanol–water partition coefficient (Wildman–Crippen LogP) is 4.64. The number of benzene rings is 3. The van der Waals surface area contributed by atoms with Gasteiger partial charge in [-0.05, 0) is 35.0 Å². The van der Waals surface area contributed by atoms with Crippen LogP contribution in [-0.4, -0.2) is 11.1 Å². The molecule has 0 fully saturated rings. The quantitative estimate of drug-likeness (QED) is 0.665. The second-order valence-corrected chi connectivity index (χ2v) is 4.40. The number of carboxylic acids is 1. The van der Waals surface area contributed by atoms with Crippen molar-refractivity contribution in [2.75, 3.05) is 0 Å². The zero-order valence-corrected chi connectivity index (χ0v) is 11.3. The molecule has 22 heavy (non-hydrogen) atoms. The van der Waals surface area contributed by atoms with Crippen LogP contribution in [0.2, 0.25) is 0 Å². The lowest BCUT2D eigenvalue weighted by atomic mass is 10.1. The number of hydrogen-bond acceptors (Lipinski definition) is 1. The molecule has 1 N–H and O–H groups in total. The van der Waals surface area contributed by atoms with E-state index in [9.17, 15) is 18.0 Å². The van der Waals surface area contributed by atoms with E-state index in [0.717, 1.165) is 29.0 Å². The van der Waals surface area contributed by atoms with Crippen molar-refractivity contribution in [3.63, 3.8) is 0 Å². The van der Waals surface area contributed by atoms with E-state index in [1.807, 2.05) is 30.3 Å². The normalized spacial score (nSPS) is 9.95. The largest absolute Gasteiger partial charge is 0.478 e. The second kappa shape index (κ2) is 6.76. The monoisotopic (exact) mass is 304 g/mol. The van der Waals surface area contributed by atoms with Gasteiger partial charge in [0.25, 0.3) is 0 Å². The lowest BCUT2D eigenvalue weighted by molar-refractivity contribution is 0.0697. The summed E-state index contributed by atoms with van der Waals surface area (Å²) in [6.07, 6.45) is 0. The molecule has 3 aromatic rings. The lowest BCUT2D eigenvalue weighted by Crippen LogP contribution is -1.94. The van der Waals surface area contributed by atoms with Crippen LogP contribution in [0.25, 0.3) is 10.8 Å². The van der Waals surface area contributed by atoms with E-state index >= 15 is 0 Å². The minimum atomic E-state index is -1.42. The third-order valence-corrected chi connectivity index (χ3v) is 2.90. The van der Waals surface area contributed by atoms with Gasteiger partial charge < -0.3 is 5.11 Å². The minimum absolute atomic E-state index is 0.332. The fourth-order valence-corrected chi connectivity index (χ4v) is 1.80. The highest BCUT2D eigenvalue weighted by atomic mass is 19.2. The van der Waals surface area contributed by atoms with Crippen LogP contribution in [0.5, 0.6) is 0 Å². The average Bonchev–Trinajstić information content (AvgIpc) is 2.52. The van der Waals surface area contributed by atoms with Crippen molar-refractivity contribution in [2.24, 2.45) is 0 Å². The molecule has 0 atom stereocenters. The Balaban J connectivity index is 0.000000172. The molecule has 0 amide bonds. The molecule has 0 radical (unpaired) electrons. The molecule has 0 heterocycles. The fourth-order valence-electron chi connectivity index (χ4n) is 1.80. The molecule has 0 unspecified atom stereocenters. The summed E-state index contributed by atoms with van der Waals surface area (Å²) < 4.78 is 35.9. The number of rotatable bonds is 1. The maximum atomic E-state index is 12.0. The zero-order chi connectivity index (χ0) is 16.1. The summed E-state index contributed by atoms with van der Waals surface area (Å²) in [5, 5.41) is 10.8. The summed E-state index contributed by atoms with van der Waals surface area (Å²) in [4.78, 5) is 10.6. The molecular weight excluding hydrogens is 293 g/mol. The second-order valence-electron chi connectivity index (χ2n) is 4.40. The van der Waals surface area contributed by atoms with Gasteiger partial charge in [-0.2, -0.15) is 0 Å². The summed E-state index contributed by atoms with van der Waals surface area (Å²) in [5.41, 5.74) is 0.332. The molecule has 0 saturated carbocycles. The maximum Gasteiger partial charge on any atom is 0.335 e. The van der Waals surface area contributed by atoms with Crippen molar-refractivity contribution in [3.8, 4) is 0 Å². The molecule has 0 saturated heterocycles. The van der Waals surface area contributed by atoms with Crippen molar-refractivity contribution in [1.29, 1.82) is 0 Å². The first-order valence-corrected chi connectivity index (χ1v) is 6.30. The van der Waals surface area contributed by atoms with Gasteiger partial charge in [-0.15, -0.1) is 0 Å². The highest BCUT2D eigenvalue weighted by Gasteiger charge is 2.04. The third kappa shape index (κ3) is 3.63. The molecular formula is C17H11F3O2. The van der Waals surface area contributed by atoms with Crippen molar-refractivity contribution >= 4 is 16.7 Å². The molecule has 112 valence electrons. The van der Waals surface area contributed by atoms with Crippen molar-refractivity contribution < 1.29 is 23.1 Å². The topological polar surface area (TPSA) is 37.3 Å². The van der Waals surface area contributed by atoms with E-state index in [-0.39, 0.29) is 0 Å². The molecule has 0 bridgehead atoms. The molecule has 0 aromatic heterocycles. The molecule has 3 aromatic carbocycles. The first-order chi connectivity index (χ1) is 10.5. The van der Waals surface area contributed by atoms with Crippen LogP contribution in [0, 0.1) is 17.5 Å². The molecule has 0 spiro atoms. The van der Waals surface area contributed by atoms with Gasteiger partial charge in [-0.25, -0.2) is 18.0 Å². The number of fused-ring (bicyclic) bond motifs is 1. The van der Waals surface area contributed by atoms with Crippen LogP contribution in [0.4, 0.5) is 13.2 Å². The number of halogens is 3. The Morgan fingerprint density at radius 1 is 0.773 bits per heavy atom. The fraction of sp³-hybridized carbons (Fsp3) is 0. The van der Waals surface area contributed by atoms with Gasteiger partial charge in [0.2, 0.25) is 0 Å². The van der Waals surface area contributed by atoms with Crippen LogP contribution < -0.4 is 0 Å². The van der Waals surface area contributed by atoms with Crippen molar-refractivity contribution in [1.82, 2.24) is 0 Å². The van der Waals surface area contributed by atoms with Crippen molar-refractivity contribution in [2.45, 2.75) is 0 Å². The highest BCUT2D eigenvalue weighted by molar-refractivity contribution is 5.94. The van der Waals surface area contributed by atoms with Gasteiger partial charge in [-0.1, -0.05) is 36.4 Å². The Morgan fingerprint density at radius 2 is 1.36 bits per heavy atom. The van der Waals surface area contributed by atoms with Gasteiger partial charge in [0.1, 0.15) is 0 Å².